The molecule has 1 aliphatic rings. The van der Waals surface area contributed by atoms with Gasteiger partial charge in [-0.3, -0.25) is 4.99 Å². The van der Waals surface area contributed by atoms with Gasteiger partial charge >= 0.3 is 5.97 Å². The minimum atomic E-state index is -0.531. The molecule has 0 amide bonds. The summed E-state index contributed by atoms with van der Waals surface area (Å²) in [6.45, 7) is 15.3. The Kier molecular flexibility index (Phi) is 6.11. The molecule has 0 bridgehead atoms. The minimum absolute atomic E-state index is 0.201. The molecule has 0 radical (unpaired) electrons. The van der Waals surface area contributed by atoms with E-state index in [2.05, 4.69) is 9.84 Å². The van der Waals surface area contributed by atoms with E-state index in [-0.39, 0.29) is 12.7 Å². The Morgan fingerprint density at radius 3 is 2.56 bits per heavy atom. The van der Waals surface area contributed by atoms with Gasteiger partial charge in [-0.1, -0.05) is 24.3 Å². The lowest BCUT2D eigenvalue weighted by molar-refractivity contribution is -0.143. The maximum absolute atomic E-state index is 12.8. The molecular weight excluding hydrogens is 316 g/mol. The molecule has 0 spiro atoms. The Balaban J connectivity index is 2.68. The average molecular weight is 340 g/mol. The van der Waals surface area contributed by atoms with Crippen molar-refractivity contribution in [2.75, 3.05) is 13.7 Å². The smallest absolute Gasteiger partial charge is 0.337 e. The zero-order valence-electron chi connectivity index (χ0n) is 15.4. The Bertz CT molecular complexity index is 756. The molecule has 0 saturated carbocycles. The van der Waals surface area contributed by atoms with Crippen LogP contribution < -0.4 is 0 Å². The molecule has 1 aliphatic heterocycles. The molecule has 25 heavy (non-hydrogen) atoms. The summed E-state index contributed by atoms with van der Waals surface area (Å²) in [4.78, 5) is 21.1. The van der Waals surface area contributed by atoms with E-state index in [1.165, 1.54) is 0 Å². The zero-order chi connectivity index (χ0) is 18.6. The van der Waals surface area contributed by atoms with E-state index < -0.39 is 17.9 Å². The van der Waals surface area contributed by atoms with Crippen molar-refractivity contribution >= 4 is 11.7 Å². The first kappa shape index (κ1) is 18.9. The van der Waals surface area contributed by atoms with Gasteiger partial charge in [0.15, 0.2) is 0 Å². The molecule has 0 N–H and O–H groups in total. The maximum atomic E-state index is 12.8. The van der Waals surface area contributed by atoms with E-state index in [4.69, 9.17) is 16.0 Å². The number of ether oxygens (including phenoxy) is 2. The summed E-state index contributed by atoms with van der Waals surface area (Å²) in [5.74, 6) is -0.840. The first-order valence-corrected chi connectivity index (χ1v) is 8.30. The number of aliphatic imine (C=N–C) groups is 1. The molecule has 5 nitrogen and oxygen atoms in total. The molecule has 5 heteroatoms. The van der Waals surface area contributed by atoms with Crippen molar-refractivity contribution in [3.63, 3.8) is 0 Å². The summed E-state index contributed by atoms with van der Waals surface area (Å²) < 4.78 is 10.7. The van der Waals surface area contributed by atoms with Crippen LogP contribution in [0.4, 0.5) is 0 Å². The van der Waals surface area contributed by atoms with Crippen LogP contribution in [0.5, 0.6) is 0 Å². The number of carbonyl (C=O) groups excluding carboxylic acids is 1. The second-order valence-electron chi connectivity index (χ2n) is 6.41. The normalized spacial score (nSPS) is 20.3. The highest BCUT2D eigenvalue weighted by atomic mass is 16.5. The van der Waals surface area contributed by atoms with Gasteiger partial charge in [0.05, 0.1) is 35.6 Å². The summed E-state index contributed by atoms with van der Waals surface area (Å²) in [6, 6.07) is 7.28. The van der Waals surface area contributed by atoms with Crippen molar-refractivity contribution in [1.29, 1.82) is 0 Å². The number of benzene rings is 1. The van der Waals surface area contributed by atoms with Crippen LogP contribution in [0, 0.1) is 13.5 Å². The first-order chi connectivity index (χ1) is 11.9. The molecule has 1 aromatic rings. The number of hydrogen-bond acceptors (Lipinski definition) is 4. The van der Waals surface area contributed by atoms with Gasteiger partial charge in [-0.15, -0.1) is 0 Å². The van der Waals surface area contributed by atoms with Gasteiger partial charge in [-0.25, -0.2) is 11.4 Å². The van der Waals surface area contributed by atoms with Gasteiger partial charge in [0.1, 0.15) is 0 Å². The van der Waals surface area contributed by atoms with Gasteiger partial charge in [0.25, 0.3) is 6.04 Å². The number of hydrogen-bond donors (Lipinski definition) is 0. The van der Waals surface area contributed by atoms with Crippen LogP contribution in [-0.2, 0) is 14.3 Å². The molecule has 2 atom stereocenters. The molecule has 132 valence electrons. The number of methoxy groups -OCH3 is 1. The van der Waals surface area contributed by atoms with E-state index in [1.54, 1.807) is 21.0 Å². The van der Waals surface area contributed by atoms with Crippen LogP contribution in [0.3, 0.4) is 0 Å². The quantitative estimate of drug-likeness (QED) is 0.607. The molecule has 2 rings (SSSR count). The molecule has 1 aromatic carbocycles. The fourth-order valence-electron chi connectivity index (χ4n) is 3.12. The van der Waals surface area contributed by atoms with Crippen molar-refractivity contribution in [2.24, 2.45) is 4.99 Å². The molecule has 0 aliphatic carbocycles. The van der Waals surface area contributed by atoms with E-state index >= 15 is 0 Å². The van der Waals surface area contributed by atoms with Gasteiger partial charge in [-0.05, 0) is 38.8 Å². The van der Waals surface area contributed by atoms with Gasteiger partial charge in [-0.2, -0.15) is 0 Å². The number of nitrogens with zero attached hydrogens (tertiary/aromatic N) is 2. The number of esters is 1. The van der Waals surface area contributed by atoms with Crippen LogP contribution in [0.15, 0.2) is 40.5 Å². The third kappa shape index (κ3) is 3.97. The predicted octanol–water partition coefficient (Wildman–Crippen LogP) is 3.69. The number of carbonyl (C=O) groups is 1. The van der Waals surface area contributed by atoms with E-state index in [1.807, 2.05) is 38.1 Å². The highest BCUT2D eigenvalue weighted by Gasteiger charge is 2.43. The lowest BCUT2D eigenvalue weighted by Crippen LogP contribution is -2.34. The Morgan fingerprint density at radius 2 is 2.00 bits per heavy atom. The van der Waals surface area contributed by atoms with Crippen LogP contribution in [0.25, 0.3) is 4.85 Å². The summed E-state index contributed by atoms with van der Waals surface area (Å²) >= 11 is 0. The molecule has 0 saturated heterocycles. The van der Waals surface area contributed by atoms with Crippen molar-refractivity contribution in [1.82, 2.24) is 0 Å². The van der Waals surface area contributed by atoms with E-state index in [9.17, 15) is 4.79 Å². The standard InChI is InChI=1S/C20H24N2O3/c1-12(2)25-20(23)18-16(11-24-6)22-14(4)19(21-5)17(18)15-10-8-7-9-13(15)3/h7-10,12,17,19H,11H2,1-4,6H3. The van der Waals surface area contributed by atoms with Crippen molar-refractivity contribution in [3.8, 4) is 0 Å². The Hall–Kier alpha value is -2.45. The van der Waals surface area contributed by atoms with E-state index in [0.29, 0.717) is 17.0 Å². The highest BCUT2D eigenvalue weighted by molar-refractivity contribution is 6.00. The van der Waals surface area contributed by atoms with Crippen LogP contribution >= 0.6 is 0 Å². The summed E-state index contributed by atoms with van der Waals surface area (Å²) in [5.41, 5.74) is 3.64. The van der Waals surface area contributed by atoms with Crippen molar-refractivity contribution in [2.45, 2.75) is 45.8 Å². The SMILES string of the molecule is [C-]#[N+]C1C(C)=NC(COC)=C(C(=O)OC(C)C)C1c1ccccc1C. The molecule has 0 fully saturated rings. The van der Waals surface area contributed by atoms with Crippen molar-refractivity contribution < 1.29 is 14.3 Å². The third-order valence-corrected chi connectivity index (χ3v) is 4.18. The monoisotopic (exact) mass is 340 g/mol. The summed E-state index contributed by atoms with van der Waals surface area (Å²) in [5, 5.41) is 0. The van der Waals surface area contributed by atoms with Crippen LogP contribution in [0.1, 0.15) is 37.8 Å². The maximum Gasteiger partial charge on any atom is 0.337 e. The average Bonchev–Trinajstić information content (AvgIpc) is 2.54. The first-order valence-electron chi connectivity index (χ1n) is 8.30. The molecule has 1 heterocycles. The zero-order valence-corrected chi connectivity index (χ0v) is 15.4. The van der Waals surface area contributed by atoms with Gasteiger partial charge < -0.3 is 14.3 Å². The van der Waals surface area contributed by atoms with Gasteiger partial charge in [0.2, 0.25) is 0 Å². The molecular formula is C20H24N2O3. The molecule has 0 aromatic heterocycles. The van der Waals surface area contributed by atoms with Crippen LogP contribution in [-0.4, -0.2) is 37.5 Å². The Labute approximate surface area is 149 Å². The summed E-state index contributed by atoms with van der Waals surface area (Å²) in [6.07, 6.45) is -0.250. The van der Waals surface area contributed by atoms with Crippen LogP contribution in [0.2, 0.25) is 0 Å². The lowest BCUT2D eigenvalue weighted by atomic mass is 9.78. The lowest BCUT2D eigenvalue weighted by Gasteiger charge is -2.28. The van der Waals surface area contributed by atoms with Crippen molar-refractivity contribution in [3.05, 3.63) is 58.1 Å². The third-order valence-electron chi connectivity index (χ3n) is 4.18. The minimum Gasteiger partial charge on any atom is -0.460 e. The topological polar surface area (TPSA) is 52.2 Å². The predicted molar refractivity (Wildman–Crippen MR) is 97.5 cm³/mol. The summed E-state index contributed by atoms with van der Waals surface area (Å²) in [7, 11) is 1.56. The second kappa shape index (κ2) is 8.09. The fraction of sp³-hybridized carbons (Fsp3) is 0.450. The highest BCUT2D eigenvalue weighted by Crippen LogP contribution is 2.38. The largest absolute Gasteiger partial charge is 0.460 e. The number of rotatable bonds is 5. The Morgan fingerprint density at radius 1 is 1.32 bits per heavy atom. The molecule has 2 unspecified atom stereocenters. The second-order valence-corrected chi connectivity index (χ2v) is 6.41. The number of aryl methyl sites for hydroxylation is 1. The fourth-order valence-corrected chi connectivity index (χ4v) is 3.12. The van der Waals surface area contributed by atoms with Gasteiger partial charge in [0, 0.05) is 7.11 Å². The van der Waals surface area contributed by atoms with E-state index in [0.717, 1.165) is 11.1 Å².